The Hall–Kier alpha value is -0.740. The Morgan fingerprint density at radius 3 is 2.50 bits per heavy atom. The van der Waals surface area contributed by atoms with E-state index in [4.69, 9.17) is 0 Å². The van der Waals surface area contributed by atoms with E-state index in [0.717, 1.165) is 19.6 Å². The van der Waals surface area contributed by atoms with E-state index in [2.05, 4.69) is 20.8 Å². The Morgan fingerprint density at radius 1 is 1.18 bits per heavy atom. The monoisotopic (exact) mass is 367 g/mol. The number of hydrogen-bond acceptors (Lipinski definition) is 2. The maximum absolute atomic E-state index is 13.8. The minimum atomic E-state index is -0.428. The Bertz CT molecular complexity index is 544. The summed E-state index contributed by atoms with van der Waals surface area (Å²) >= 11 is 3.22. The minimum Gasteiger partial charge on any atom is -0.303 e. The fourth-order valence-electron chi connectivity index (χ4n) is 3.99. The van der Waals surface area contributed by atoms with Crippen LogP contribution in [-0.4, -0.2) is 30.3 Å². The van der Waals surface area contributed by atoms with Crippen molar-refractivity contribution in [1.82, 2.24) is 4.90 Å². The summed E-state index contributed by atoms with van der Waals surface area (Å²) in [5, 5.41) is 0. The van der Waals surface area contributed by atoms with Gasteiger partial charge in [-0.05, 0) is 62.4 Å². The highest BCUT2D eigenvalue weighted by Gasteiger charge is 2.36. The largest absolute Gasteiger partial charge is 0.303 e. The molecule has 0 amide bonds. The fraction of sp³-hybridized carbons (Fsp3) is 0.611. The van der Waals surface area contributed by atoms with Crippen molar-refractivity contribution in [3.63, 3.8) is 0 Å². The fourth-order valence-corrected chi connectivity index (χ4v) is 4.32. The molecule has 2 fully saturated rings. The van der Waals surface area contributed by atoms with E-state index < -0.39 is 5.82 Å². The van der Waals surface area contributed by atoms with E-state index in [9.17, 15) is 9.18 Å². The van der Waals surface area contributed by atoms with Crippen molar-refractivity contribution in [2.24, 2.45) is 5.41 Å². The lowest BCUT2D eigenvalue weighted by Crippen LogP contribution is -2.39. The number of Topliss-reactive ketones (excluding diaryl/α,β-unsaturated/α-hetero) is 1. The third-order valence-corrected chi connectivity index (χ3v) is 5.96. The summed E-state index contributed by atoms with van der Waals surface area (Å²) in [5.74, 6) is -0.519. The second-order valence-corrected chi connectivity index (χ2v) is 7.76. The van der Waals surface area contributed by atoms with Gasteiger partial charge in [-0.25, -0.2) is 4.39 Å². The zero-order valence-electron chi connectivity index (χ0n) is 12.9. The molecule has 22 heavy (non-hydrogen) atoms. The van der Waals surface area contributed by atoms with Crippen LogP contribution in [0.3, 0.4) is 0 Å². The van der Waals surface area contributed by atoms with E-state index in [-0.39, 0.29) is 11.3 Å². The number of benzene rings is 1. The van der Waals surface area contributed by atoms with Gasteiger partial charge in [0.15, 0.2) is 5.78 Å². The smallest absolute Gasteiger partial charge is 0.167 e. The lowest BCUT2D eigenvalue weighted by atomic mass is 9.77. The molecule has 1 saturated heterocycles. The SMILES string of the molecule is O=C(CCN1CCC2(CCCC2)CC1)c1ccc(Br)cc1F. The van der Waals surface area contributed by atoms with Crippen LogP contribution in [0.1, 0.15) is 55.3 Å². The molecule has 2 aliphatic rings. The second-order valence-electron chi connectivity index (χ2n) is 6.85. The van der Waals surface area contributed by atoms with Crippen LogP contribution in [0.25, 0.3) is 0 Å². The Labute approximate surface area is 140 Å². The van der Waals surface area contributed by atoms with Crippen LogP contribution in [0.15, 0.2) is 22.7 Å². The van der Waals surface area contributed by atoms with Gasteiger partial charge in [0.2, 0.25) is 0 Å². The van der Waals surface area contributed by atoms with E-state index in [0.29, 0.717) is 16.3 Å². The highest BCUT2D eigenvalue weighted by Crippen LogP contribution is 2.46. The molecule has 0 unspecified atom stereocenters. The third-order valence-electron chi connectivity index (χ3n) is 5.47. The quantitative estimate of drug-likeness (QED) is 0.711. The predicted octanol–water partition coefficient (Wildman–Crippen LogP) is 4.82. The van der Waals surface area contributed by atoms with E-state index in [1.54, 1.807) is 12.1 Å². The molecule has 0 aromatic heterocycles. The highest BCUT2D eigenvalue weighted by molar-refractivity contribution is 9.10. The molecule has 1 aromatic carbocycles. The summed E-state index contributed by atoms with van der Waals surface area (Å²) in [6, 6.07) is 4.66. The third kappa shape index (κ3) is 3.60. The summed E-state index contributed by atoms with van der Waals surface area (Å²) in [6.45, 7) is 2.94. The van der Waals surface area contributed by atoms with Crippen LogP contribution < -0.4 is 0 Å². The van der Waals surface area contributed by atoms with Crippen LogP contribution in [0, 0.1) is 11.2 Å². The molecule has 1 saturated carbocycles. The molecule has 1 aliphatic heterocycles. The molecular weight excluding hydrogens is 345 g/mol. The van der Waals surface area contributed by atoms with Gasteiger partial charge >= 0.3 is 0 Å². The first-order valence-corrected chi connectivity index (χ1v) is 9.08. The number of ketones is 1. The number of hydrogen-bond donors (Lipinski definition) is 0. The van der Waals surface area contributed by atoms with E-state index in [1.165, 1.54) is 44.6 Å². The van der Waals surface area contributed by atoms with Gasteiger partial charge in [-0.3, -0.25) is 4.79 Å². The minimum absolute atomic E-state index is 0.0915. The number of likely N-dealkylation sites (tertiary alicyclic amines) is 1. The second kappa shape index (κ2) is 6.79. The molecule has 0 radical (unpaired) electrons. The van der Waals surface area contributed by atoms with Crippen molar-refractivity contribution in [3.8, 4) is 0 Å². The molecule has 0 atom stereocenters. The van der Waals surface area contributed by atoms with Gasteiger partial charge in [-0.15, -0.1) is 0 Å². The topological polar surface area (TPSA) is 20.3 Å². The van der Waals surface area contributed by atoms with Crippen molar-refractivity contribution in [1.29, 1.82) is 0 Å². The Kier molecular flexibility index (Phi) is 4.98. The molecule has 1 spiro atoms. The maximum Gasteiger partial charge on any atom is 0.167 e. The number of nitrogens with zero attached hydrogens (tertiary/aromatic N) is 1. The van der Waals surface area contributed by atoms with Crippen LogP contribution in [0.4, 0.5) is 4.39 Å². The average Bonchev–Trinajstić information content (AvgIpc) is 2.95. The van der Waals surface area contributed by atoms with Gasteiger partial charge in [-0.1, -0.05) is 28.8 Å². The number of piperidine rings is 1. The Morgan fingerprint density at radius 2 is 1.86 bits per heavy atom. The van der Waals surface area contributed by atoms with Gasteiger partial charge in [0.25, 0.3) is 0 Å². The number of carbonyl (C=O) groups excluding carboxylic acids is 1. The summed E-state index contributed by atoms with van der Waals surface area (Å²) in [5.41, 5.74) is 0.825. The zero-order valence-corrected chi connectivity index (χ0v) is 14.5. The predicted molar refractivity (Wildman–Crippen MR) is 89.6 cm³/mol. The molecule has 1 heterocycles. The summed E-state index contributed by atoms with van der Waals surface area (Å²) in [6.07, 6.45) is 8.52. The first kappa shape index (κ1) is 16.1. The van der Waals surface area contributed by atoms with Gasteiger partial charge in [0.1, 0.15) is 5.82 Å². The van der Waals surface area contributed by atoms with Crippen LogP contribution in [-0.2, 0) is 0 Å². The lowest BCUT2D eigenvalue weighted by molar-refractivity contribution is 0.0885. The molecule has 3 rings (SSSR count). The average molecular weight is 368 g/mol. The molecular formula is C18H23BrFNO. The van der Waals surface area contributed by atoms with Crippen LogP contribution in [0.5, 0.6) is 0 Å². The van der Waals surface area contributed by atoms with Crippen LogP contribution >= 0.6 is 15.9 Å². The first-order chi connectivity index (χ1) is 10.6. The standard InChI is InChI=1S/C18H23BrFNO/c19-14-3-4-15(16(20)13-14)17(22)5-10-21-11-8-18(9-12-21)6-1-2-7-18/h3-4,13H,1-2,5-12H2. The molecule has 0 N–H and O–H groups in total. The summed E-state index contributed by atoms with van der Waals surface area (Å²) < 4.78 is 14.5. The first-order valence-electron chi connectivity index (χ1n) is 8.29. The van der Waals surface area contributed by atoms with Crippen molar-refractivity contribution in [2.75, 3.05) is 19.6 Å². The molecule has 120 valence electrons. The molecule has 0 bridgehead atoms. The molecule has 2 nitrogen and oxygen atoms in total. The number of rotatable bonds is 4. The van der Waals surface area contributed by atoms with Gasteiger partial charge in [0, 0.05) is 17.4 Å². The van der Waals surface area contributed by atoms with Gasteiger partial charge in [0.05, 0.1) is 5.56 Å². The van der Waals surface area contributed by atoms with E-state index >= 15 is 0 Å². The van der Waals surface area contributed by atoms with Crippen molar-refractivity contribution in [3.05, 3.63) is 34.1 Å². The lowest BCUT2D eigenvalue weighted by Gasteiger charge is -2.39. The van der Waals surface area contributed by atoms with Crippen molar-refractivity contribution in [2.45, 2.75) is 44.9 Å². The molecule has 1 aliphatic carbocycles. The molecule has 1 aromatic rings. The maximum atomic E-state index is 13.8. The number of halogens is 2. The van der Waals surface area contributed by atoms with Crippen molar-refractivity contribution < 1.29 is 9.18 Å². The zero-order chi connectivity index (χ0) is 15.6. The highest BCUT2D eigenvalue weighted by atomic mass is 79.9. The molecule has 4 heteroatoms. The normalized spacial score (nSPS) is 21.4. The number of carbonyl (C=O) groups is 1. The summed E-state index contributed by atoms with van der Waals surface area (Å²) in [7, 11) is 0. The van der Waals surface area contributed by atoms with Gasteiger partial charge < -0.3 is 4.90 Å². The Balaban J connectivity index is 1.49. The van der Waals surface area contributed by atoms with Crippen molar-refractivity contribution >= 4 is 21.7 Å². The summed E-state index contributed by atoms with van der Waals surface area (Å²) in [4.78, 5) is 14.6. The van der Waals surface area contributed by atoms with E-state index in [1.807, 2.05) is 0 Å². The van der Waals surface area contributed by atoms with Gasteiger partial charge in [-0.2, -0.15) is 0 Å². The van der Waals surface area contributed by atoms with Crippen LogP contribution in [0.2, 0.25) is 0 Å².